The number of hydrogen-bond acceptors (Lipinski definition) is 4. The second-order valence-corrected chi connectivity index (χ2v) is 2.64. The minimum Gasteiger partial charge on any atom is -0.538 e. The molecule has 5 nitrogen and oxygen atoms in total. The van der Waals surface area contributed by atoms with E-state index in [0.717, 1.165) is 0 Å². The van der Waals surface area contributed by atoms with Gasteiger partial charge in [-0.2, -0.15) is 5.01 Å². The zero-order valence-corrected chi connectivity index (χ0v) is 7.12. The molecule has 0 aliphatic heterocycles. The first-order chi connectivity index (χ1) is 4.63. The normalized spacial score (nSPS) is 9.90. The summed E-state index contributed by atoms with van der Waals surface area (Å²) in [5, 5.41) is 15.6. The Bertz CT molecular complexity index is 234. The van der Waals surface area contributed by atoms with E-state index in [-0.39, 0.29) is 4.60 Å². The van der Waals surface area contributed by atoms with Crippen molar-refractivity contribution in [3.8, 4) is 5.95 Å². The molecule has 1 aromatic heterocycles. The minimum atomic E-state index is -0.478. The van der Waals surface area contributed by atoms with Gasteiger partial charge in [0.25, 0.3) is 0 Å². The molecule has 6 heteroatoms. The molecule has 0 saturated heterocycles. The second-order valence-electron chi connectivity index (χ2n) is 1.89. The molecule has 0 aliphatic rings. The molecule has 10 heavy (non-hydrogen) atoms. The first-order valence-electron chi connectivity index (χ1n) is 2.55. The standard InChI is InChI=1S/C4H6BrN3O2/c1-7(2)8-3(5)4(9)10-6-8/h1-2H3. The molecular formula is C4H6BrN3O2. The topological polar surface area (TPSA) is 56.2 Å². The molecular weight excluding hydrogens is 202 g/mol. The smallest absolute Gasteiger partial charge is 0.331 e. The van der Waals surface area contributed by atoms with E-state index in [1.807, 2.05) is 0 Å². The minimum absolute atomic E-state index is 0.289. The van der Waals surface area contributed by atoms with Crippen LogP contribution in [-0.4, -0.2) is 19.4 Å². The lowest BCUT2D eigenvalue weighted by atomic mass is 10.9. The van der Waals surface area contributed by atoms with Crippen LogP contribution in [0.15, 0.2) is 9.13 Å². The number of halogens is 1. The fourth-order valence-corrected chi connectivity index (χ4v) is 0.934. The van der Waals surface area contributed by atoms with Crippen LogP contribution in [0.4, 0.5) is 0 Å². The van der Waals surface area contributed by atoms with E-state index >= 15 is 0 Å². The Morgan fingerprint density at radius 1 is 1.70 bits per heavy atom. The molecule has 0 amide bonds. The molecule has 1 heterocycles. The molecule has 0 bridgehead atoms. The monoisotopic (exact) mass is 207 g/mol. The Kier molecular flexibility index (Phi) is 1.80. The Labute approximate surface area is 65.9 Å². The molecule has 0 aliphatic carbocycles. The van der Waals surface area contributed by atoms with Crippen LogP contribution in [0, 0.1) is 0 Å². The first kappa shape index (κ1) is 7.33. The van der Waals surface area contributed by atoms with Gasteiger partial charge in [0.05, 0.1) is 18.9 Å². The van der Waals surface area contributed by atoms with E-state index in [9.17, 15) is 5.11 Å². The average Bonchev–Trinajstić information content (AvgIpc) is 2.14. The summed E-state index contributed by atoms with van der Waals surface area (Å²) >= 11 is 3.00. The van der Waals surface area contributed by atoms with Gasteiger partial charge in [0.2, 0.25) is 0 Å². The lowest BCUT2D eigenvalue weighted by Gasteiger charge is -1.97. The van der Waals surface area contributed by atoms with Gasteiger partial charge in [-0.1, -0.05) is 0 Å². The highest BCUT2D eigenvalue weighted by Gasteiger charge is 2.15. The van der Waals surface area contributed by atoms with Crippen LogP contribution in [0.1, 0.15) is 0 Å². The van der Waals surface area contributed by atoms with E-state index in [1.54, 1.807) is 19.1 Å². The average molecular weight is 208 g/mol. The maximum absolute atomic E-state index is 10.6. The van der Waals surface area contributed by atoms with Crippen molar-refractivity contribution >= 4 is 15.9 Å². The summed E-state index contributed by atoms with van der Waals surface area (Å²) in [6.45, 7) is 0. The molecule has 0 saturated carbocycles. The van der Waals surface area contributed by atoms with Crippen LogP contribution in [0.3, 0.4) is 0 Å². The van der Waals surface area contributed by atoms with Crippen molar-refractivity contribution in [1.29, 1.82) is 0 Å². The Morgan fingerprint density at radius 3 is 2.50 bits per heavy atom. The first-order valence-corrected chi connectivity index (χ1v) is 3.34. The largest absolute Gasteiger partial charge is 0.538 e. The van der Waals surface area contributed by atoms with Crippen molar-refractivity contribution in [3.63, 3.8) is 0 Å². The summed E-state index contributed by atoms with van der Waals surface area (Å²) in [6, 6.07) is 0. The van der Waals surface area contributed by atoms with Crippen molar-refractivity contribution in [3.05, 3.63) is 4.60 Å². The Morgan fingerprint density at radius 2 is 2.30 bits per heavy atom. The summed E-state index contributed by atoms with van der Waals surface area (Å²) < 4.78 is 4.61. The molecule has 56 valence electrons. The van der Waals surface area contributed by atoms with Crippen LogP contribution in [0.25, 0.3) is 0 Å². The zero-order chi connectivity index (χ0) is 7.72. The zero-order valence-electron chi connectivity index (χ0n) is 5.54. The fourth-order valence-electron chi connectivity index (χ4n) is 0.480. The van der Waals surface area contributed by atoms with E-state index in [2.05, 4.69) is 25.7 Å². The van der Waals surface area contributed by atoms with Crippen molar-refractivity contribution in [2.24, 2.45) is 0 Å². The Balaban J connectivity index is 3.05. The summed E-state index contributed by atoms with van der Waals surface area (Å²) in [5.41, 5.74) is 0. The predicted molar refractivity (Wildman–Crippen MR) is 33.9 cm³/mol. The van der Waals surface area contributed by atoms with Gasteiger partial charge in [-0.3, -0.25) is 0 Å². The molecule has 0 N–H and O–H groups in total. The predicted octanol–water partition coefficient (Wildman–Crippen LogP) is -1.00. The SMILES string of the molecule is CN(C)[n+]1noc([O-])c1Br. The van der Waals surface area contributed by atoms with Crippen molar-refractivity contribution in [2.45, 2.75) is 0 Å². The van der Waals surface area contributed by atoms with Gasteiger partial charge in [0.15, 0.2) is 5.95 Å². The van der Waals surface area contributed by atoms with E-state index in [4.69, 9.17) is 0 Å². The number of rotatable bonds is 1. The van der Waals surface area contributed by atoms with Crippen LogP contribution in [0.2, 0.25) is 0 Å². The molecule has 0 spiro atoms. The molecule has 0 atom stereocenters. The van der Waals surface area contributed by atoms with Gasteiger partial charge in [0.1, 0.15) is 5.27 Å². The van der Waals surface area contributed by atoms with Crippen LogP contribution in [0.5, 0.6) is 5.95 Å². The third kappa shape index (κ3) is 1.06. The summed E-state index contributed by atoms with van der Waals surface area (Å²) in [4.78, 5) is 1.31. The Hall–Kier alpha value is -0.780. The van der Waals surface area contributed by atoms with Gasteiger partial charge in [-0.05, 0) is 0 Å². The highest BCUT2D eigenvalue weighted by atomic mass is 79.9. The lowest BCUT2D eigenvalue weighted by molar-refractivity contribution is -0.762. The maximum Gasteiger partial charge on any atom is 0.331 e. The van der Waals surface area contributed by atoms with Crippen molar-refractivity contribution in [1.82, 2.24) is 5.27 Å². The van der Waals surface area contributed by atoms with E-state index < -0.39 is 5.95 Å². The van der Waals surface area contributed by atoms with Crippen LogP contribution in [-0.2, 0) is 0 Å². The third-order valence-corrected chi connectivity index (χ3v) is 1.56. The fraction of sp³-hybridized carbons (Fsp3) is 0.500. The van der Waals surface area contributed by atoms with E-state index in [0.29, 0.717) is 0 Å². The third-order valence-electron chi connectivity index (χ3n) is 0.924. The number of hydrogen-bond donors (Lipinski definition) is 0. The second kappa shape index (κ2) is 2.45. The molecule has 0 fully saturated rings. The van der Waals surface area contributed by atoms with E-state index in [1.165, 1.54) is 4.79 Å². The molecule has 0 radical (unpaired) electrons. The van der Waals surface area contributed by atoms with Gasteiger partial charge in [-0.15, -0.1) is 0 Å². The quantitative estimate of drug-likeness (QED) is 0.555. The van der Waals surface area contributed by atoms with Crippen molar-refractivity contribution in [2.75, 3.05) is 19.1 Å². The molecule has 1 aromatic rings. The number of aromatic nitrogens is 2. The van der Waals surface area contributed by atoms with Crippen LogP contribution < -0.4 is 14.9 Å². The highest BCUT2D eigenvalue weighted by molar-refractivity contribution is 9.10. The molecule has 0 aromatic carbocycles. The van der Waals surface area contributed by atoms with Crippen LogP contribution >= 0.6 is 15.9 Å². The lowest BCUT2D eigenvalue weighted by Crippen LogP contribution is -2.55. The highest BCUT2D eigenvalue weighted by Crippen LogP contribution is 2.12. The molecule has 1 rings (SSSR count). The summed E-state index contributed by atoms with van der Waals surface area (Å²) in [7, 11) is 3.49. The summed E-state index contributed by atoms with van der Waals surface area (Å²) in [5.74, 6) is -0.478. The number of nitrogens with zero attached hydrogens (tertiary/aromatic N) is 3. The van der Waals surface area contributed by atoms with Crippen molar-refractivity contribution < 1.29 is 14.4 Å². The maximum atomic E-state index is 10.6. The summed E-state index contributed by atoms with van der Waals surface area (Å²) in [6.07, 6.45) is 0. The molecule has 0 unspecified atom stereocenters. The van der Waals surface area contributed by atoms with Gasteiger partial charge in [0, 0.05) is 15.9 Å². The van der Waals surface area contributed by atoms with Gasteiger partial charge < -0.3 is 9.63 Å². The van der Waals surface area contributed by atoms with Gasteiger partial charge in [-0.25, -0.2) is 0 Å². The van der Waals surface area contributed by atoms with Gasteiger partial charge >= 0.3 is 4.60 Å².